The first kappa shape index (κ1) is 18.4. The largest absolute Gasteiger partial charge is 0.450 e. The molecule has 1 aliphatic rings. The third kappa shape index (κ3) is 2.90. The van der Waals surface area contributed by atoms with Gasteiger partial charge in [0, 0.05) is 13.7 Å². The van der Waals surface area contributed by atoms with Crippen LogP contribution in [-0.4, -0.2) is 31.1 Å². The molecule has 0 saturated heterocycles. The summed E-state index contributed by atoms with van der Waals surface area (Å²) < 4.78 is 24.6. The van der Waals surface area contributed by atoms with Gasteiger partial charge in [-0.2, -0.15) is 0 Å². The summed E-state index contributed by atoms with van der Waals surface area (Å²) in [5.74, 6) is -0.867. The SMILES string of the molecule is CCc1ccc(C2c3c(oc4ccc(F)cc4c3=O)C(=O)N2CCOC)cc1. The van der Waals surface area contributed by atoms with Gasteiger partial charge in [0.05, 0.1) is 23.6 Å². The van der Waals surface area contributed by atoms with E-state index >= 15 is 0 Å². The summed E-state index contributed by atoms with van der Waals surface area (Å²) >= 11 is 0. The van der Waals surface area contributed by atoms with E-state index in [0.29, 0.717) is 13.2 Å². The van der Waals surface area contributed by atoms with Gasteiger partial charge in [-0.05, 0) is 35.7 Å². The molecule has 0 bridgehead atoms. The Labute approximate surface area is 161 Å². The zero-order valence-corrected chi connectivity index (χ0v) is 15.7. The molecule has 144 valence electrons. The summed E-state index contributed by atoms with van der Waals surface area (Å²) in [6, 6.07) is 10.9. The number of fused-ring (bicyclic) bond motifs is 2. The van der Waals surface area contributed by atoms with Crippen molar-refractivity contribution in [3.8, 4) is 0 Å². The Kier molecular flexibility index (Phi) is 4.73. The van der Waals surface area contributed by atoms with Crippen LogP contribution in [0.15, 0.2) is 51.7 Å². The van der Waals surface area contributed by atoms with Crippen molar-refractivity contribution in [1.82, 2.24) is 4.90 Å². The Hall–Kier alpha value is -2.99. The molecule has 3 aromatic rings. The summed E-state index contributed by atoms with van der Waals surface area (Å²) in [5.41, 5.74) is 2.04. The van der Waals surface area contributed by atoms with E-state index in [9.17, 15) is 14.0 Å². The van der Waals surface area contributed by atoms with Gasteiger partial charge in [-0.1, -0.05) is 31.2 Å². The van der Waals surface area contributed by atoms with Gasteiger partial charge in [-0.15, -0.1) is 0 Å². The minimum Gasteiger partial charge on any atom is -0.450 e. The maximum absolute atomic E-state index is 13.7. The lowest BCUT2D eigenvalue weighted by atomic mass is 9.97. The number of benzene rings is 2. The first-order valence-corrected chi connectivity index (χ1v) is 9.20. The molecule has 1 unspecified atom stereocenters. The summed E-state index contributed by atoms with van der Waals surface area (Å²) in [6.07, 6.45) is 0.889. The Morgan fingerprint density at radius 2 is 1.89 bits per heavy atom. The molecule has 0 aliphatic carbocycles. The van der Waals surface area contributed by atoms with Crippen LogP contribution in [0.25, 0.3) is 11.0 Å². The minimum absolute atomic E-state index is 0.0183. The number of rotatable bonds is 5. The van der Waals surface area contributed by atoms with E-state index in [1.807, 2.05) is 24.3 Å². The molecule has 4 rings (SSSR count). The number of amides is 1. The van der Waals surface area contributed by atoms with Crippen molar-refractivity contribution in [1.29, 1.82) is 0 Å². The Morgan fingerprint density at radius 3 is 2.57 bits per heavy atom. The highest BCUT2D eigenvalue weighted by Crippen LogP contribution is 2.38. The van der Waals surface area contributed by atoms with Crippen molar-refractivity contribution < 1.29 is 18.3 Å². The molecule has 0 spiro atoms. The van der Waals surface area contributed by atoms with Gasteiger partial charge in [0.1, 0.15) is 11.4 Å². The molecule has 1 aromatic heterocycles. The summed E-state index contributed by atoms with van der Waals surface area (Å²) in [4.78, 5) is 27.8. The molecule has 2 heterocycles. The third-order valence-electron chi connectivity index (χ3n) is 5.17. The molecular weight excluding hydrogens is 361 g/mol. The van der Waals surface area contributed by atoms with Gasteiger partial charge in [-0.3, -0.25) is 9.59 Å². The molecule has 0 fully saturated rings. The molecular formula is C22H20FNO4. The topological polar surface area (TPSA) is 59.8 Å². The normalized spacial score (nSPS) is 16.0. The average molecular weight is 381 g/mol. The van der Waals surface area contributed by atoms with Crippen molar-refractivity contribution in [2.24, 2.45) is 0 Å². The van der Waals surface area contributed by atoms with Gasteiger partial charge in [0.25, 0.3) is 5.91 Å². The second-order valence-electron chi connectivity index (χ2n) is 6.80. The van der Waals surface area contributed by atoms with Crippen LogP contribution < -0.4 is 5.43 Å². The number of methoxy groups -OCH3 is 1. The average Bonchev–Trinajstić information content (AvgIpc) is 2.99. The summed E-state index contributed by atoms with van der Waals surface area (Å²) in [7, 11) is 1.55. The molecule has 28 heavy (non-hydrogen) atoms. The Bertz CT molecular complexity index is 1100. The lowest BCUT2D eigenvalue weighted by molar-refractivity contribution is 0.0663. The van der Waals surface area contributed by atoms with E-state index in [2.05, 4.69) is 6.92 Å². The van der Waals surface area contributed by atoms with Crippen molar-refractivity contribution in [3.05, 3.63) is 81.0 Å². The third-order valence-corrected chi connectivity index (χ3v) is 5.17. The smallest absolute Gasteiger partial charge is 0.290 e. The van der Waals surface area contributed by atoms with Crippen LogP contribution in [-0.2, 0) is 11.2 Å². The van der Waals surface area contributed by atoms with Gasteiger partial charge in [0.2, 0.25) is 5.76 Å². The number of nitrogens with zero attached hydrogens (tertiary/aromatic N) is 1. The second-order valence-corrected chi connectivity index (χ2v) is 6.80. The molecule has 0 N–H and O–H groups in total. The van der Waals surface area contributed by atoms with Crippen molar-refractivity contribution in [2.45, 2.75) is 19.4 Å². The van der Waals surface area contributed by atoms with E-state index in [-0.39, 0.29) is 33.6 Å². The number of halogens is 1. The van der Waals surface area contributed by atoms with Crippen LogP contribution in [0.5, 0.6) is 0 Å². The molecule has 1 aliphatic heterocycles. The number of carbonyl (C=O) groups excluding carboxylic acids is 1. The van der Waals surface area contributed by atoms with Crippen LogP contribution in [0.3, 0.4) is 0 Å². The van der Waals surface area contributed by atoms with E-state index in [0.717, 1.165) is 23.6 Å². The quantitative estimate of drug-likeness (QED) is 0.676. The first-order chi connectivity index (χ1) is 13.5. The van der Waals surface area contributed by atoms with Crippen LogP contribution in [0.1, 0.15) is 40.2 Å². The van der Waals surface area contributed by atoms with Gasteiger partial charge < -0.3 is 14.1 Å². The maximum Gasteiger partial charge on any atom is 0.290 e. The van der Waals surface area contributed by atoms with E-state index in [1.54, 1.807) is 12.0 Å². The van der Waals surface area contributed by atoms with Gasteiger partial charge in [-0.25, -0.2) is 4.39 Å². The van der Waals surface area contributed by atoms with Crippen molar-refractivity contribution in [2.75, 3.05) is 20.3 Å². The fraction of sp³-hybridized carbons (Fsp3) is 0.273. The van der Waals surface area contributed by atoms with Crippen LogP contribution >= 0.6 is 0 Å². The fourth-order valence-corrected chi connectivity index (χ4v) is 3.70. The van der Waals surface area contributed by atoms with Gasteiger partial charge >= 0.3 is 0 Å². The number of ether oxygens (including phenoxy) is 1. The highest BCUT2D eigenvalue weighted by atomic mass is 19.1. The van der Waals surface area contributed by atoms with Crippen molar-refractivity contribution in [3.63, 3.8) is 0 Å². The standard InChI is InChI=1S/C22H20FNO4/c1-3-13-4-6-14(7-5-13)19-18-20(25)16-12-15(23)8-9-17(16)28-21(18)22(26)24(19)10-11-27-2/h4-9,12,19H,3,10-11H2,1-2H3. The number of hydrogen-bond acceptors (Lipinski definition) is 4. The number of carbonyl (C=O) groups is 1. The van der Waals surface area contributed by atoms with E-state index < -0.39 is 11.9 Å². The summed E-state index contributed by atoms with van der Waals surface area (Å²) in [6.45, 7) is 2.69. The first-order valence-electron chi connectivity index (χ1n) is 9.20. The predicted octanol–water partition coefficient (Wildman–Crippen LogP) is 3.69. The molecule has 1 amide bonds. The van der Waals surface area contributed by atoms with Crippen LogP contribution in [0.4, 0.5) is 4.39 Å². The molecule has 0 radical (unpaired) electrons. The predicted molar refractivity (Wildman–Crippen MR) is 103 cm³/mol. The maximum atomic E-state index is 13.7. The molecule has 0 saturated carbocycles. The fourth-order valence-electron chi connectivity index (χ4n) is 3.70. The zero-order valence-electron chi connectivity index (χ0n) is 15.7. The molecule has 5 nitrogen and oxygen atoms in total. The van der Waals surface area contributed by atoms with Crippen LogP contribution in [0.2, 0.25) is 0 Å². The second kappa shape index (κ2) is 7.20. The monoisotopic (exact) mass is 381 g/mol. The Balaban J connectivity index is 1.94. The molecule has 6 heteroatoms. The van der Waals surface area contributed by atoms with Crippen molar-refractivity contribution >= 4 is 16.9 Å². The van der Waals surface area contributed by atoms with E-state index in [1.165, 1.54) is 12.1 Å². The summed E-state index contributed by atoms with van der Waals surface area (Å²) in [5, 5.41) is 0.135. The highest BCUT2D eigenvalue weighted by molar-refractivity contribution is 5.99. The molecule has 1 atom stereocenters. The number of aryl methyl sites for hydroxylation is 1. The zero-order chi connectivity index (χ0) is 19.8. The van der Waals surface area contributed by atoms with Gasteiger partial charge in [0.15, 0.2) is 5.43 Å². The highest BCUT2D eigenvalue weighted by Gasteiger charge is 2.42. The number of hydrogen-bond donors (Lipinski definition) is 0. The lowest BCUT2D eigenvalue weighted by Gasteiger charge is -2.25. The lowest BCUT2D eigenvalue weighted by Crippen LogP contribution is -2.32. The van der Waals surface area contributed by atoms with Crippen LogP contribution in [0, 0.1) is 5.82 Å². The minimum atomic E-state index is -0.590. The Morgan fingerprint density at radius 1 is 1.14 bits per heavy atom. The van der Waals surface area contributed by atoms with E-state index in [4.69, 9.17) is 9.15 Å². The molecule has 2 aromatic carbocycles.